The summed E-state index contributed by atoms with van der Waals surface area (Å²) in [6, 6.07) is 3.35. The summed E-state index contributed by atoms with van der Waals surface area (Å²) in [6.45, 7) is 6.07. The van der Waals surface area contributed by atoms with Gasteiger partial charge in [0.25, 0.3) is 0 Å². The van der Waals surface area contributed by atoms with Crippen molar-refractivity contribution in [2.24, 2.45) is 0 Å². The summed E-state index contributed by atoms with van der Waals surface area (Å²) in [5.41, 5.74) is 0.190. The van der Waals surface area contributed by atoms with Gasteiger partial charge in [-0.3, -0.25) is 14.6 Å². The van der Waals surface area contributed by atoms with Gasteiger partial charge in [-0.15, -0.1) is 0 Å². The van der Waals surface area contributed by atoms with Crippen molar-refractivity contribution in [2.75, 3.05) is 0 Å². The summed E-state index contributed by atoms with van der Waals surface area (Å²) in [6.07, 6.45) is 4.59. The van der Waals surface area contributed by atoms with Gasteiger partial charge in [-0.1, -0.05) is 13.8 Å². The third-order valence-corrected chi connectivity index (χ3v) is 4.01. The lowest BCUT2D eigenvalue weighted by Crippen LogP contribution is -2.68. The van der Waals surface area contributed by atoms with Crippen molar-refractivity contribution in [3.8, 4) is 0 Å². The molecule has 108 valence electrons. The van der Waals surface area contributed by atoms with E-state index in [1.165, 1.54) is 0 Å². The maximum Gasteiger partial charge on any atom is 0.249 e. The van der Waals surface area contributed by atoms with Gasteiger partial charge in [-0.05, 0) is 37.5 Å². The average Bonchev–Trinajstić information content (AvgIpc) is 2.46. The molecule has 0 aromatic carbocycles. The molecule has 0 bridgehead atoms. The molecule has 5 nitrogen and oxygen atoms in total. The first kappa shape index (κ1) is 14.5. The molecule has 2 heterocycles. The maximum atomic E-state index is 12.7. The molecule has 1 saturated heterocycles. The zero-order chi connectivity index (χ0) is 14.8. The number of carbonyl (C=O) groups is 2. The predicted molar refractivity (Wildman–Crippen MR) is 75.7 cm³/mol. The van der Waals surface area contributed by atoms with Crippen LogP contribution in [0.25, 0.3) is 0 Å². The molecular formula is C15H21N3O2. The van der Waals surface area contributed by atoms with Gasteiger partial charge in [0.15, 0.2) is 0 Å². The standard InChI is InChI=1S/C15H21N3O2/c1-4-12-13(19)17-15(3,5-2)14(20)18(12)10-11-6-8-16-9-7-11/h6-9,12H,4-5,10H2,1-3H3,(H,17,19). The Labute approximate surface area is 119 Å². The lowest BCUT2D eigenvalue weighted by molar-refractivity contribution is -0.155. The third kappa shape index (κ3) is 2.53. The highest BCUT2D eigenvalue weighted by Crippen LogP contribution is 2.24. The largest absolute Gasteiger partial charge is 0.340 e. The van der Waals surface area contributed by atoms with Crippen LogP contribution in [-0.2, 0) is 16.1 Å². The Hall–Kier alpha value is -1.91. The number of rotatable bonds is 4. The lowest BCUT2D eigenvalue weighted by atomic mass is 9.91. The molecule has 2 atom stereocenters. The van der Waals surface area contributed by atoms with Crippen LogP contribution in [0.2, 0.25) is 0 Å². The molecule has 1 aromatic rings. The van der Waals surface area contributed by atoms with Gasteiger partial charge in [-0.2, -0.15) is 0 Å². The van der Waals surface area contributed by atoms with Gasteiger partial charge in [0.2, 0.25) is 11.8 Å². The highest BCUT2D eigenvalue weighted by molar-refractivity contribution is 5.99. The first-order chi connectivity index (χ1) is 9.51. The van der Waals surface area contributed by atoms with Crippen molar-refractivity contribution in [2.45, 2.75) is 51.7 Å². The van der Waals surface area contributed by atoms with Crippen LogP contribution in [0.3, 0.4) is 0 Å². The van der Waals surface area contributed by atoms with E-state index in [1.807, 2.05) is 26.0 Å². The Balaban J connectivity index is 2.30. The number of carbonyl (C=O) groups excluding carboxylic acids is 2. The molecule has 0 aliphatic carbocycles. The van der Waals surface area contributed by atoms with Crippen LogP contribution in [0, 0.1) is 0 Å². The second-order valence-electron chi connectivity index (χ2n) is 5.39. The van der Waals surface area contributed by atoms with E-state index < -0.39 is 11.6 Å². The van der Waals surface area contributed by atoms with Gasteiger partial charge < -0.3 is 10.2 Å². The molecule has 2 unspecified atom stereocenters. The minimum Gasteiger partial charge on any atom is -0.340 e. The third-order valence-electron chi connectivity index (χ3n) is 4.01. The number of hydrogen-bond acceptors (Lipinski definition) is 3. The Bertz CT molecular complexity index is 503. The minimum absolute atomic E-state index is 0.0109. The molecule has 1 aliphatic rings. The van der Waals surface area contributed by atoms with E-state index in [0.717, 1.165) is 5.56 Å². The fourth-order valence-corrected chi connectivity index (χ4v) is 2.52. The van der Waals surface area contributed by atoms with Crippen LogP contribution < -0.4 is 5.32 Å². The number of amides is 2. The molecule has 1 aromatic heterocycles. The van der Waals surface area contributed by atoms with Crippen molar-refractivity contribution in [1.29, 1.82) is 0 Å². The first-order valence-electron chi connectivity index (χ1n) is 7.03. The van der Waals surface area contributed by atoms with Crippen molar-refractivity contribution >= 4 is 11.8 Å². The monoisotopic (exact) mass is 275 g/mol. The number of pyridine rings is 1. The summed E-state index contributed by atoms with van der Waals surface area (Å²) < 4.78 is 0. The molecule has 20 heavy (non-hydrogen) atoms. The fourth-order valence-electron chi connectivity index (χ4n) is 2.52. The second kappa shape index (κ2) is 5.61. The zero-order valence-electron chi connectivity index (χ0n) is 12.2. The number of piperazine rings is 1. The van der Waals surface area contributed by atoms with Crippen LogP contribution in [-0.4, -0.2) is 33.3 Å². The number of nitrogens with one attached hydrogen (secondary N) is 1. The van der Waals surface area contributed by atoms with Crippen LogP contribution in [0.15, 0.2) is 24.5 Å². The summed E-state index contributed by atoms with van der Waals surface area (Å²) in [5.74, 6) is -0.0752. The molecule has 0 saturated carbocycles. The SMILES string of the molecule is CCC1C(=O)NC(C)(CC)C(=O)N1Cc1ccncc1. The zero-order valence-corrected chi connectivity index (χ0v) is 12.2. The number of aromatic nitrogens is 1. The normalized spacial score (nSPS) is 26.6. The molecule has 1 fully saturated rings. The van der Waals surface area contributed by atoms with Gasteiger partial charge in [0.05, 0.1) is 0 Å². The van der Waals surface area contributed by atoms with Gasteiger partial charge in [0.1, 0.15) is 11.6 Å². The molecule has 2 rings (SSSR count). The van der Waals surface area contributed by atoms with Crippen molar-refractivity contribution in [1.82, 2.24) is 15.2 Å². The van der Waals surface area contributed by atoms with E-state index in [2.05, 4.69) is 10.3 Å². The highest BCUT2D eigenvalue weighted by atomic mass is 16.2. The van der Waals surface area contributed by atoms with E-state index in [1.54, 1.807) is 24.2 Å². The van der Waals surface area contributed by atoms with E-state index in [0.29, 0.717) is 19.4 Å². The Morgan fingerprint density at radius 3 is 2.50 bits per heavy atom. The smallest absolute Gasteiger partial charge is 0.249 e. The minimum atomic E-state index is -0.796. The molecule has 0 radical (unpaired) electrons. The van der Waals surface area contributed by atoms with Crippen molar-refractivity contribution in [3.05, 3.63) is 30.1 Å². The summed E-state index contributed by atoms with van der Waals surface area (Å²) >= 11 is 0. The molecule has 1 N–H and O–H groups in total. The van der Waals surface area contributed by atoms with Crippen LogP contribution >= 0.6 is 0 Å². The van der Waals surface area contributed by atoms with Gasteiger partial charge in [-0.25, -0.2) is 0 Å². The molecule has 1 aliphatic heterocycles. The Morgan fingerprint density at radius 2 is 1.95 bits per heavy atom. The fraction of sp³-hybridized carbons (Fsp3) is 0.533. The molecule has 2 amide bonds. The van der Waals surface area contributed by atoms with Gasteiger partial charge >= 0.3 is 0 Å². The summed E-state index contributed by atoms with van der Waals surface area (Å²) in [5, 5.41) is 2.87. The summed E-state index contributed by atoms with van der Waals surface area (Å²) in [7, 11) is 0. The van der Waals surface area contributed by atoms with Crippen LogP contribution in [0.5, 0.6) is 0 Å². The van der Waals surface area contributed by atoms with Crippen molar-refractivity contribution in [3.63, 3.8) is 0 Å². The lowest BCUT2D eigenvalue weighted by Gasteiger charge is -2.44. The second-order valence-corrected chi connectivity index (χ2v) is 5.39. The average molecular weight is 275 g/mol. The Kier molecular flexibility index (Phi) is 4.06. The highest BCUT2D eigenvalue weighted by Gasteiger charge is 2.46. The van der Waals surface area contributed by atoms with E-state index in [4.69, 9.17) is 0 Å². The van der Waals surface area contributed by atoms with E-state index >= 15 is 0 Å². The van der Waals surface area contributed by atoms with Gasteiger partial charge in [0, 0.05) is 18.9 Å². The van der Waals surface area contributed by atoms with Crippen LogP contribution in [0.4, 0.5) is 0 Å². The molecule has 5 heteroatoms. The molecular weight excluding hydrogens is 254 g/mol. The number of nitrogens with zero attached hydrogens (tertiary/aromatic N) is 2. The topological polar surface area (TPSA) is 62.3 Å². The maximum absolute atomic E-state index is 12.7. The van der Waals surface area contributed by atoms with E-state index in [-0.39, 0.29) is 11.8 Å². The molecule has 0 spiro atoms. The first-order valence-corrected chi connectivity index (χ1v) is 7.03. The Morgan fingerprint density at radius 1 is 1.30 bits per heavy atom. The summed E-state index contributed by atoms with van der Waals surface area (Å²) in [4.78, 5) is 30.6. The number of hydrogen-bond donors (Lipinski definition) is 1. The predicted octanol–water partition coefficient (Wildman–Crippen LogP) is 1.49. The van der Waals surface area contributed by atoms with Crippen molar-refractivity contribution < 1.29 is 9.59 Å². The van der Waals surface area contributed by atoms with Crippen LogP contribution in [0.1, 0.15) is 39.2 Å². The van der Waals surface area contributed by atoms with E-state index in [9.17, 15) is 9.59 Å². The quantitative estimate of drug-likeness (QED) is 0.905.